The van der Waals surface area contributed by atoms with Crippen molar-refractivity contribution >= 4 is 17.7 Å². The molecule has 5 N–H and O–H groups in total. The summed E-state index contributed by atoms with van der Waals surface area (Å²) in [4.78, 5) is 41.3. The summed E-state index contributed by atoms with van der Waals surface area (Å²) >= 11 is 0. The second-order valence-electron chi connectivity index (χ2n) is 11.4. The van der Waals surface area contributed by atoms with E-state index in [1.165, 1.54) is 20.8 Å². The SMILES string of the molecule is CC1(C)C2CN(C(=O)[C@@H](N(C(=O)C(F)(F)F)[C@H](C#N)CN3C[C@H](O)N[C@@H]3O)C(C)(C)C)C(C(N)=O)C21. The first-order valence-electron chi connectivity index (χ1n) is 11.6. The van der Waals surface area contributed by atoms with Crippen molar-refractivity contribution in [3.63, 3.8) is 0 Å². The van der Waals surface area contributed by atoms with Crippen LogP contribution in [0.2, 0.25) is 0 Å². The summed E-state index contributed by atoms with van der Waals surface area (Å²) in [5, 5.41) is 31.9. The monoisotopic (exact) mass is 518 g/mol. The average molecular weight is 519 g/mol. The molecular weight excluding hydrogens is 485 g/mol. The van der Waals surface area contributed by atoms with Crippen LogP contribution < -0.4 is 11.1 Å². The number of likely N-dealkylation sites (tertiary alicyclic amines) is 1. The number of hydrogen-bond acceptors (Lipinski definition) is 8. The number of amides is 3. The minimum Gasteiger partial charge on any atom is -0.377 e. The number of piperidine rings is 1. The third-order valence-electron chi connectivity index (χ3n) is 7.58. The van der Waals surface area contributed by atoms with Crippen molar-refractivity contribution in [2.75, 3.05) is 19.6 Å². The Labute approximate surface area is 207 Å². The molecule has 0 spiro atoms. The highest BCUT2D eigenvalue weighted by Gasteiger charge is 2.70. The lowest BCUT2D eigenvalue weighted by molar-refractivity contribution is -0.194. The van der Waals surface area contributed by atoms with Gasteiger partial charge in [-0.1, -0.05) is 34.6 Å². The van der Waals surface area contributed by atoms with Crippen LogP contribution in [0.15, 0.2) is 0 Å². The molecular formula is C22H33F3N6O5. The number of primary amides is 1. The van der Waals surface area contributed by atoms with Crippen LogP contribution in [0.1, 0.15) is 34.6 Å². The van der Waals surface area contributed by atoms with Crippen LogP contribution in [0.4, 0.5) is 13.2 Å². The number of carbonyl (C=O) groups excluding carboxylic acids is 3. The zero-order valence-corrected chi connectivity index (χ0v) is 20.8. The predicted molar refractivity (Wildman–Crippen MR) is 118 cm³/mol. The van der Waals surface area contributed by atoms with Crippen LogP contribution >= 0.6 is 0 Å². The number of aliphatic hydroxyl groups is 2. The summed E-state index contributed by atoms with van der Waals surface area (Å²) in [6.45, 7) is 7.47. The molecule has 2 saturated heterocycles. The topological polar surface area (TPSA) is 163 Å². The normalized spacial score (nSPS) is 31.4. The number of aliphatic hydroxyl groups excluding tert-OH is 2. The molecule has 7 atom stereocenters. The molecule has 0 bridgehead atoms. The van der Waals surface area contributed by atoms with Gasteiger partial charge in [0.05, 0.1) is 6.07 Å². The van der Waals surface area contributed by atoms with Crippen LogP contribution in [-0.2, 0) is 14.4 Å². The van der Waals surface area contributed by atoms with Crippen molar-refractivity contribution in [2.24, 2.45) is 28.4 Å². The summed E-state index contributed by atoms with van der Waals surface area (Å²) in [6, 6.07) is -3.00. The Hall–Kier alpha value is -2.47. The first kappa shape index (κ1) is 28.1. The van der Waals surface area contributed by atoms with Crippen LogP contribution in [0.5, 0.6) is 0 Å². The fourth-order valence-electron chi connectivity index (χ4n) is 5.73. The van der Waals surface area contributed by atoms with Gasteiger partial charge in [0.15, 0.2) is 6.35 Å². The highest BCUT2D eigenvalue weighted by Crippen LogP contribution is 2.65. The van der Waals surface area contributed by atoms with Gasteiger partial charge in [0, 0.05) is 19.6 Å². The summed E-state index contributed by atoms with van der Waals surface area (Å²) < 4.78 is 41.4. The molecule has 36 heavy (non-hydrogen) atoms. The van der Waals surface area contributed by atoms with E-state index in [-0.39, 0.29) is 35.2 Å². The van der Waals surface area contributed by atoms with Crippen molar-refractivity contribution in [2.45, 2.75) is 71.5 Å². The van der Waals surface area contributed by atoms with Gasteiger partial charge in [-0.2, -0.15) is 18.4 Å². The standard InChI is InChI=1S/C22H33F3N6O5/c1-20(2,3)15(17(34)30-8-11-13(21(11,4)5)14(30)16(27)33)31(18(35)22(23,24)25)10(6-26)7-29-9-12(32)28-19(29)36/h10-15,19,28,32,36H,7-9H2,1-5H3,(H2,27,33)/t10-,11?,12+,13?,14?,15-,19+/m1/s1. The number of hydrogen-bond donors (Lipinski definition) is 4. The molecule has 202 valence electrons. The third-order valence-corrected chi connectivity index (χ3v) is 7.58. The van der Waals surface area contributed by atoms with E-state index >= 15 is 0 Å². The maximum Gasteiger partial charge on any atom is 0.471 e. The van der Waals surface area contributed by atoms with Gasteiger partial charge >= 0.3 is 12.1 Å². The van der Waals surface area contributed by atoms with Gasteiger partial charge in [0.2, 0.25) is 11.8 Å². The summed E-state index contributed by atoms with van der Waals surface area (Å²) in [7, 11) is 0. The Balaban J connectivity index is 2.03. The van der Waals surface area contributed by atoms with Crippen LogP contribution in [0.25, 0.3) is 0 Å². The van der Waals surface area contributed by atoms with Gasteiger partial charge in [-0.05, 0) is 22.7 Å². The molecule has 2 heterocycles. The predicted octanol–water partition coefficient (Wildman–Crippen LogP) is -0.848. The largest absolute Gasteiger partial charge is 0.471 e. The number of alkyl halides is 3. The third kappa shape index (κ3) is 4.89. The molecule has 0 aromatic rings. The molecule has 3 unspecified atom stereocenters. The minimum atomic E-state index is -5.42. The highest BCUT2D eigenvalue weighted by atomic mass is 19.4. The van der Waals surface area contributed by atoms with Gasteiger partial charge in [-0.15, -0.1) is 0 Å². The number of β-amino-alcohol motifs (C(OH)–C–C–N with tert-alkyl or cyclic N) is 1. The van der Waals surface area contributed by atoms with Crippen LogP contribution in [-0.4, -0.2) is 99.2 Å². The van der Waals surface area contributed by atoms with Gasteiger partial charge in [-0.25, -0.2) is 0 Å². The van der Waals surface area contributed by atoms with Crippen molar-refractivity contribution in [1.29, 1.82) is 5.26 Å². The fourth-order valence-corrected chi connectivity index (χ4v) is 5.73. The van der Waals surface area contributed by atoms with E-state index in [0.717, 1.165) is 9.80 Å². The first-order chi connectivity index (χ1) is 16.3. The van der Waals surface area contributed by atoms with Crippen molar-refractivity contribution in [3.05, 3.63) is 0 Å². The molecule has 1 aliphatic carbocycles. The van der Waals surface area contributed by atoms with E-state index in [0.29, 0.717) is 0 Å². The molecule has 11 nitrogen and oxygen atoms in total. The zero-order valence-electron chi connectivity index (χ0n) is 20.8. The smallest absolute Gasteiger partial charge is 0.377 e. The van der Waals surface area contributed by atoms with E-state index < -0.39 is 66.6 Å². The lowest BCUT2D eigenvalue weighted by Crippen LogP contribution is -2.65. The number of carbonyl (C=O) groups is 3. The molecule has 3 rings (SSSR count). The molecule has 0 aromatic carbocycles. The van der Waals surface area contributed by atoms with Gasteiger partial charge < -0.3 is 25.7 Å². The zero-order chi connectivity index (χ0) is 27.5. The number of nitrogens with two attached hydrogens (primary N) is 1. The molecule has 3 fully saturated rings. The average Bonchev–Trinajstić information content (AvgIpc) is 3.05. The number of nitrogens with one attached hydrogen (secondary N) is 1. The Morgan fingerprint density at radius 2 is 1.81 bits per heavy atom. The Morgan fingerprint density at radius 3 is 2.22 bits per heavy atom. The van der Waals surface area contributed by atoms with Gasteiger partial charge in [0.1, 0.15) is 24.4 Å². The fraction of sp³-hybridized carbons (Fsp3) is 0.818. The molecule has 0 aromatic heterocycles. The van der Waals surface area contributed by atoms with E-state index in [1.807, 2.05) is 13.8 Å². The Morgan fingerprint density at radius 1 is 1.22 bits per heavy atom. The quantitative estimate of drug-likeness (QED) is 0.353. The summed E-state index contributed by atoms with van der Waals surface area (Å²) in [5.41, 5.74) is 4.02. The lowest BCUT2D eigenvalue weighted by Gasteiger charge is -2.44. The molecule has 1 saturated carbocycles. The minimum absolute atomic E-state index is 0.0783. The first-order valence-corrected chi connectivity index (χ1v) is 11.6. The second kappa shape index (κ2) is 9.13. The Bertz CT molecular complexity index is 961. The van der Waals surface area contributed by atoms with Crippen molar-refractivity contribution < 1.29 is 37.8 Å². The number of rotatable bonds is 6. The maximum atomic E-state index is 13.9. The Kier molecular flexibility index (Phi) is 7.12. The molecule has 14 heteroatoms. The lowest BCUT2D eigenvalue weighted by atomic mass is 9.83. The van der Waals surface area contributed by atoms with Gasteiger partial charge in [-0.3, -0.25) is 24.6 Å². The van der Waals surface area contributed by atoms with E-state index in [1.54, 1.807) is 6.07 Å². The van der Waals surface area contributed by atoms with E-state index in [9.17, 15) is 43.0 Å². The number of nitrogens with zero attached hydrogens (tertiary/aromatic N) is 4. The molecule has 0 radical (unpaired) electrons. The molecule has 3 aliphatic rings. The summed E-state index contributed by atoms with van der Waals surface area (Å²) in [6.07, 6.45) is -8.10. The van der Waals surface area contributed by atoms with Crippen molar-refractivity contribution in [1.82, 2.24) is 20.0 Å². The van der Waals surface area contributed by atoms with Crippen LogP contribution in [0, 0.1) is 34.0 Å². The number of halogens is 3. The number of fused-ring (bicyclic) bond motifs is 1. The number of nitriles is 1. The summed E-state index contributed by atoms with van der Waals surface area (Å²) in [5.74, 6) is -4.44. The van der Waals surface area contributed by atoms with E-state index in [2.05, 4.69) is 5.32 Å². The molecule has 2 aliphatic heterocycles. The maximum absolute atomic E-state index is 13.9. The second-order valence-corrected chi connectivity index (χ2v) is 11.4. The molecule has 3 amide bonds. The van der Waals surface area contributed by atoms with E-state index in [4.69, 9.17) is 5.73 Å². The highest BCUT2D eigenvalue weighted by molar-refractivity contribution is 5.94. The van der Waals surface area contributed by atoms with Gasteiger partial charge in [0.25, 0.3) is 0 Å². The van der Waals surface area contributed by atoms with Crippen LogP contribution in [0.3, 0.4) is 0 Å². The van der Waals surface area contributed by atoms with Crippen molar-refractivity contribution in [3.8, 4) is 6.07 Å².